The number of benzene rings is 1. The van der Waals surface area contributed by atoms with E-state index < -0.39 is 41.0 Å². The second kappa shape index (κ2) is 6.88. The minimum absolute atomic E-state index is 0.117. The van der Waals surface area contributed by atoms with Gasteiger partial charge in [0.15, 0.2) is 0 Å². The molecule has 2 atom stereocenters. The van der Waals surface area contributed by atoms with Crippen molar-refractivity contribution in [3.05, 3.63) is 39.9 Å². The molecule has 1 aromatic rings. The van der Waals surface area contributed by atoms with Gasteiger partial charge in [-0.05, 0) is 25.8 Å². The van der Waals surface area contributed by atoms with Crippen molar-refractivity contribution in [1.29, 1.82) is 0 Å². The van der Waals surface area contributed by atoms with E-state index in [4.69, 9.17) is 4.74 Å². The predicted octanol–water partition coefficient (Wildman–Crippen LogP) is 1.92. The smallest absolute Gasteiger partial charge is 0.326 e. The molecule has 9 heteroatoms. The summed E-state index contributed by atoms with van der Waals surface area (Å²) in [7, 11) is 0. The van der Waals surface area contributed by atoms with Crippen LogP contribution in [0.25, 0.3) is 0 Å². The summed E-state index contributed by atoms with van der Waals surface area (Å²) in [5.41, 5.74) is -0.699. The van der Waals surface area contributed by atoms with Crippen LogP contribution in [-0.4, -0.2) is 39.8 Å². The maximum atomic E-state index is 12.2. The van der Waals surface area contributed by atoms with Gasteiger partial charge in [-0.1, -0.05) is 19.1 Å². The van der Waals surface area contributed by atoms with Gasteiger partial charge in [-0.15, -0.1) is 0 Å². The van der Waals surface area contributed by atoms with Gasteiger partial charge >= 0.3 is 12.0 Å². The third kappa shape index (κ3) is 3.76. The number of hydrogen-bond acceptors (Lipinski definition) is 6. The highest BCUT2D eigenvalue weighted by Crippen LogP contribution is 2.23. The van der Waals surface area contributed by atoms with Crippen LogP contribution in [0.15, 0.2) is 24.3 Å². The van der Waals surface area contributed by atoms with E-state index in [2.05, 4.69) is 5.32 Å². The van der Waals surface area contributed by atoms with Crippen LogP contribution in [0.3, 0.4) is 0 Å². The molecule has 1 aliphatic heterocycles. The molecule has 9 nitrogen and oxygen atoms in total. The van der Waals surface area contributed by atoms with Crippen LogP contribution in [0.4, 0.5) is 10.5 Å². The molecule has 1 N–H and O–H groups in total. The van der Waals surface area contributed by atoms with E-state index >= 15 is 0 Å². The quantitative estimate of drug-likeness (QED) is 0.363. The predicted molar refractivity (Wildman–Crippen MR) is 86.5 cm³/mol. The molecule has 134 valence electrons. The summed E-state index contributed by atoms with van der Waals surface area (Å²) in [6.07, 6.45) is -0.363. The van der Waals surface area contributed by atoms with Gasteiger partial charge < -0.3 is 10.1 Å². The largest absolute Gasteiger partial charge is 0.456 e. The Balaban J connectivity index is 2.03. The lowest BCUT2D eigenvalue weighted by atomic mass is 9.99. The molecule has 25 heavy (non-hydrogen) atoms. The lowest BCUT2D eigenvalue weighted by Gasteiger charge is -2.19. The highest BCUT2D eigenvalue weighted by atomic mass is 16.6. The Bertz CT molecular complexity index is 734. The molecule has 0 unspecified atom stereocenters. The fourth-order valence-corrected chi connectivity index (χ4v) is 2.45. The Kier molecular flexibility index (Phi) is 5.05. The SMILES string of the molecule is CC[C@]1(C)NC(=O)N(CC(=O)O[C@H](C)c2cccc([N+](=O)[O-])c2)C1=O. The summed E-state index contributed by atoms with van der Waals surface area (Å²) in [5, 5.41) is 13.3. The zero-order valence-corrected chi connectivity index (χ0v) is 14.1. The number of nitro groups is 1. The van der Waals surface area contributed by atoms with E-state index in [1.807, 2.05) is 0 Å². The van der Waals surface area contributed by atoms with Gasteiger partial charge in [0.1, 0.15) is 18.2 Å². The molecule has 2 rings (SSSR count). The number of carbonyl (C=O) groups excluding carboxylic acids is 3. The van der Waals surface area contributed by atoms with Crippen LogP contribution in [0, 0.1) is 10.1 Å². The van der Waals surface area contributed by atoms with Crippen molar-refractivity contribution >= 4 is 23.6 Å². The van der Waals surface area contributed by atoms with Crippen molar-refractivity contribution in [2.24, 2.45) is 0 Å². The average molecular weight is 349 g/mol. The van der Waals surface area contributed by atoms with Crippen molar-refractivity contribution in [1.82, 2.24) is 10.2 Å². The summed E-state index contributed by atoms with van der Waals surface area (Å²) in [6, 6.07) is 5.07. The van der Waals surface area contributed by atoms with Gasteiger partial charge in [-0.3, -0.25) is 24.6 Å². The maximum Gasteiger partial charge on any atom is 0.326 e. The molecule has 0 bridgehead atoms. The van der Waals surface area contributed by atoms with Crippen molar-refractivity contribution < 1.29 is 24.0 Å². The zero-order chi connectivity index (χ0) is 18.8. The Morgan fingerprint density at radius 2 is 2.12 bits per heavy atom. The highest BCUT2D eigenvalue weighted by Gasteiger charge is 2.47. The normalized spacial score (nSPS) is 21.0. The van der Waals surface area contributed by atoms with Gasteiger partial charge in [-0.2, -0.15) is 0 Å². The lowest BCUT2D eigenvalue weighted by Crippen LogP contribution is -2.43. The number of imide groups is 1. The third-order valence-electron chi connectivity index (χ3n) is 4.20. The molecule has 1 aliphatic rings. The molecule has 3 amide bonds. The van der Waals surface area contributed by atoms with E-state index in [9.17, 15) is 24.5 Å². The van der Waals surface area contributed by atoms with Gasteiger partial charge in [0, 0.05) is 12.1 Å². The lowest BCUT2D eigenvalue weighted by molar-refractivity contribution is -0.385. The highest BCUT2D eigenvalue weighted by molar-refractivity contribution is 6.08. The number of nitrogens with one attached hydrogen (secondary N) is 1. The van der Waals surface area contributed by atoms with E-state index in [1.165, 1.54) is 18.2 Å². The summed E-state index contributed by atoms with van der Waals surface area (Å²) >= 11 is 0. The van der Waals surface area contributed by atoms with Gasteiger partial charge in [0.25, 0.3) is 11.6 Å². The summed E-state index contributed by atoms with van der Waals surface area (Å²) in [6.45, 7) is 4.38. The van der Waals surface area contributed by atoms with Crippen LogP contribution >= 0.6 is 0 Å². The first-order valence-electron chi connectivity index (χ1n) is 7.76. The number of ether oxygens (including phenoxy) is 1. The average Bonchev–Trinajstić information content (AvgIpc) is 2.78. The fraction of sp³-hybridized carbons (Fsp3) is 0.438. The molecule has 0 spiro atoms. The Morgan fingerprint density at radius 1 is 1.44 bits per heavy atom. The summed E-state index contributed by atoms with van der Waals surface area (Å²) < 4.78 is 5.20. The molecule has 1 saturated heterocycles. The monoisotopic (exact) mass is 349 g/mol. The van der Waals surface area contributed by atoms with E-state index in [1.54, 1.807) is 26.8 Å². The van der Waals surface area contributed by atoms with Crippen molar-refractivity contribution in [2.45, 2.75) is 38.8 Å². The zero-order valence-electron chi connectivity index (χ0n) is 14.1. The number of nitro benzene ring substituents is 1. The number of carbonyl (C=O) groups is 3. The Hall–Kier alpha value is -2.97. The Morgan fingerprint density at radius 3 is 2.68 bits per heavy atom. The number of non-ortho nitro benzene ring substituents is 1. The second-order valence-corrected chi connectivity index (χ2v) is 5.99. The van der Waals surface area contributed by atoms with E-state index in [0.29, 0.717) is 12.0 Å². The van der Waals surface area contributed by atoms with E-state index in [0.717, 1.165) is 4.90 Å². The number of nitrogens with zero attached hydrogens (tertiary/aromatic N) is 2. The molecular weight excluding hydrogens is 330 g/mol. The number of rotatable bonds is 6. The van der Waals surface area contributed by atoms with Crippen molar-refractivity contribution in [3.63, 3.8) is 0 Å². The first kappa shape index (κ1) is 18.4. The van der Waals surface area contributed by atoms with Gasteiger partial charge in [0.05, 0.1) is 4.92 Å². The topological polar surface area (TPSA) is 119 Å². The molecule has 1 heterocycles. The summed E-state index contributed by atoms with van der Waals surface area (Å²) in [4.78, 5) is 47.2. The molecular formula is C16H19N3O6. The molecule has 1 fully saturated rings. The molecule has 0 aliphatic carbocycles. The standard InChI is InChI=1S/C16H19N3O6/c1-4-16(3)14(21)18(15(22)17-16)9-13(20)25-10(2)11-6-5-7-12(8-11)19(23)24/h5-8,10H,4,9H2,1-3H3,(H,17,22)/t10-,16+/m1/s1. The Labute approximate surface area is 144 Å². The van der Waals surface area contributed by atoms with Crippen molar-refractivity contribution in [2.75, 3.05) is 6.54 Å². The molecule has 1 aromatic carbocycles. The minimum atomic E-state index is -1.02. The molecule has 0 saturated carbocycles. The first-order chi connectivity index (χ1) is 11.7. The van der Waals surface area contributed by atoms with Crippen LogP contribution in [0.1, 0.15) is 38.9 Å². The minimum Gasteiger partial charge on any atom is -0.456 e. The number of esters is 1. The van der Waals surface area contributed by atoms with Gasteiger partial charge in [-0.25, -0.2) is 4.79 Å². The van der Waals surface area contributed by atoms with E-state index in [-0.39, 0.29) is 5.69 Å². The van der Waals surface area contributed by atoms with Crippen LogP contribution in [0.2, 0.25) is 0 Å². The maximum absolute atomic E-state index is 12.2. The van der Waals surface area contributed by atoms with Crippen LogP contribution in [-0.2, 0) is 14.3 Å². The number of amides is 3. The summed E-state index contributed by atoms with van der Waals surface area (Å²) in [5.74, 6) is -1.26. The molecule has 0 radical (unpaired) electrons. The fourth-order valence-electron chi connectivity index (χ4n) is 2.45. The number of urea groups is 1. The molecule has 0 aromatic heterocycles. The second-order valence-electron chi connectivity index (χ2n) is 5.99. The van der Waals surface area contributed by atoms with Gasteiger partial charge in [0.2, 0.25) is 0 Å². The first-order valence-corrected chi connectivity index (χ1v) is 7.76. The van der Waals surface area contributed by atoms with Crippen LogP contribution in [0.5, 0.6) is 0 Å². The number of hydrogen-bond donors (Lipinski definition) is 1. The van der Waals surface area contributed by atoms with Crippen LogP contribution < -0.4 is 5.32 Å². The third-order valence-corrected chi connectivity index (χ3v) is 4.20. The van der Waals surface area contributed by atoms with Crippen molar-refractivity contribution in [3.8, 4) is 0 Å².